The van der Waals surface area contributed by atoms with Gasteiger partial charge in [-0.05, 0) is 42.7 Å². The second kappa shape index (κ2) is 8.32. The van der Waals surface area contributed by atoms with E-state index in [1.54, 1.807) is 7.11 Å². The standard InChI is InChI=1S/C22H25N3O3/c1-14(2)24-22(27)25-19(12-23)21(20(25)13-26)17-6-4-15(5-7-17)16-8-10-18(28-3)11-9-16/h4-11,14,19-21,26H,13H2,1-3H3,(H,24,27)/t19-,20+,21-/m0/s1. The number of nitrogens with zero attached hydrogens (tertiary/aromatic N) is 2. The molecule has 1 saturated heterocycles. The van der Waals surface area contributed by atoms with E-state index < -0.39 is 12.1 Å². The smallest absolute Gasteiger partial charge is 0.319 e. The van der Waals surface area contributed by atoms with Gasteiger partial charge in [0.2, 0.25) is 0 Å². The Morgan fingerprint density at radius 1 is 1.18 bits per heavy atom. The number of carbonyl (C=O) groups is 1. The molecule has 3 rings (SSSR count). The molecule has 0 bridgehead atoms. The summed E-state index contributed by atoms with van der Waals surface area (Å²) in [6.07, 6.45) is 0. The zero-order valence-electron chi connectivity index (χ0n) is 16.3. The highest BCUT2D eigenvalue weighted by atomic mass is 16.5. The third-order valence-electron chi connectivity index (χ3n) is 5.10. The van der Waals surface area contributed by atoms with Crippen LogP contribution < -0.4 is 10.1 Å². The van der Waals surface area contributed by atoms with Crippen LogP contribution in [0.15, 0.2) is 48.5 Å². The molecule has 0 spiro atoms. The van der Waals surface area contributed by atoms with E-state index in [1.807, 2.05) is 62.4 Å². The van der Waals surface area contributed by atoms with Crippen molar-refractivity contribution < 1.29 is 14.6 Å². The van der Waals surface area contributed by atoms with Gasteiger partial charge in [-0.1, -0.05) is 36.4 Å². The van der Waals surface area contributed by atoms with Gasteiger partial charge in [-0.15, -0.1) is 0 Å². The van der Waals surface area contributed by atoms with E-state index in [0.717, 1.165) is 22.4 Å². The average Bonchev–Trinajstić information content (AvgIpc) is 2.68. The number of urea groups is 1. The van der Waals surface area contributed by atoms with Gasteiger partial charge >= 0.3 is 6.03 Å². The third kappa shape index (κ3) is 3.67. The third-order valence-corrected chi connectivity index (χ3v) is 5.10. The van der Waals surface area contributed by atoms with Gasteiger partial charge in [0, 0.05) is 12.0 Å². The predicted octanol–water partition coefficient (Wildman–Crippen LogP) is 3.13. The lowest BCUT2D eigenvalue weighted by Gasteiger charge is -2.51. The fourth-order valence-electron chi connectivity index (χ4n) is 3.69. The Labute approximate surface area is 165 Å². The molecule has 2 N–H and O–H groups in total. The van der Waals surface area contributed by atoms with Crippen LogP contribution in [0.25, 0.3) is 11.1 Å². The van der Waals surface area contributed by atoms with Gasteiger partial charge in [-0.3, -0.25) is 0 Å². The number of carbonyl (C=O) groups excluding carboxylic acids is 1. The lowest BCUT2D eigenvalue weighted by molar-refractivity contribution is 0.0162. The number of nitrogens with one attached hydrogen (secondary N) is 1. The number of aliphatic hydroxyl groups excluding tert-OH is 1. The normalized spacial score (nSPS) is 21.0. The molecular formula is C22H25N3O3. The van der Waals surface area contributed by atoms with Crippen LogP contribution in [0.2, 0.25) is 0 Å². The molecule has 0 unspecified atom stereocenters. The fourth-order valence-corrected chi connectivity index (χ4v) is 3.69. The summed E-state index contributed by atoms with van der Waals surface area (Å²) >= 11 is 0. The maximum Gasteiger partial charge on any atom is 0.319 e. The molecule has 1 aliphatic heterocycles. The molecule has 0 radical (unpaired) electrons. The largest absolute Gasteiger partial charge is 0.497 e. The average molecular weight is 379 g/mol. The van der Waals surface area contributed by atoms with E-state index in [1.165, 1.54) is 4.90 Å². The Morgan fingerprint density at radius 3 is 2.21 bits per heavy atom. The van der Waals surface area contributed by atoms with Crippen molar-refractivity contribution in [1.29, 1.82) is 5.26 Å². The van der Waals surface area contributed by atoms with Crippen molar-refractivity contribution in [1.82, 2.24) is 10.2 Å². The van der Waals surface area contributed by atoms with E-state index in [2.05, 4.69) is 11.4 Å². The number of likely N-dealkylation sites (tertiary alicyclic amines) is 1. The lowest BCUT2D eigenvalue weighted by atomic mass is 9.75. The number of methoxy groups -OCH3 is 1. The molecule has 0 aromatic heterocycles. The Bertz CT molecular complexity index is 856. The van der Waals surface area contributed by atoms with E-state index >= 15 is 0 Å². The minimum Gasteiger partial charge on any atom is -0.497 e. The quantitative estimate of drug-likeness (QED) is 0.836. The maximum atomic E-state index is 12.4. The van der Waals surface area contributed by atoms with Gasteiger partial charge in [-0.25, -0.2) is 4.79 Å². The van der Waals surface area contributed by atoms with Crippen LogP contribution in [-0.4, -0.2) is 47.9 Å². The van der Waals surface area contributed by atoms with E-state index in [-0.39, 0.29) is 24.6 Å². The van der Waals surface area contributed by atoms with Crippen molar-refractivity contribution >= 4 is 6.03 Å². The van der Waals surface area contributed by atoms with Crippen molar-refractivity contribution in [2.45, 2.75) is 37.9 Å². The van der Waals surface area contributed by atoms with E-state index in [9.17, 15) is 15.2 Å². The summed E-state index contributed by atoms with van der Waals surface area (Å²) in [6.45, 7) is 3.54. The molecule has 6 heteroatoms. The van der Waals surface area contributed by atoms with Crippen LogP contribution in [0.5, 0.6) is 5.75 Å². The Morgan fingerprint density at radius 2 is 1.75 bits per heavy atom. The first kappa shape index (κ1) is 19.7. The fraction of sp³-hybridized carbons (Fsp3) is 0.364. The first-order chi connectivity index (χ1) is 13.5. The van der Waals surface area contributed by atoms with Crippen LogP contribution >= 0.6 is 0 Å². The number of nitriles is 1. The molecule has 2 aromatic carbocycles. The van der Waals surface area contributed by atoms with E-state index in [0.29, 0.717) is 0 Å². The first-order valence-electron chi connectivity index (χ1n) is 9.33. The first-order valence-corrected chi connectivity index (χ1v) is 9.33. The zero-order chi connectivity index (χ0) is 20.3. The van der Waals surface area contributed by atoms with Crippen LogP contribution in [0.3, 0.4) is 0 Å². The number of ether oxygens (including phenoxy) is 1. The van der Waals surface area contributed by atoms with Gasteiger partial charge in [0.25, 0.3) is 0 Å². The summed E-state index contributed by atoms with van der Waals surface area (Å²) in [5, 5.41) is 22.2. The number of aliphatic hydroxyl groups is 1. The minimum atomic E-state index is -0.595. The molecule has 146 valence electrons. The number of rotatable bonds is 5. The van der Waals surface area contributed by atoms with E-state index in [4.69, 9.17) is 4.74 Å². The number of hydrogen-bond donors (Lipinski definition) is 2. The zero-order valence-corrected chi connectivity index (χ0v) is 16.3. The summed E-state index contributed by atoms with van der Waals surface area (Å²) in [5.74, 6) is 0.593. The summed E-state index contributed by atoms with van der Waals surface area (Å²) in [6, 6.07) is 16.6. The Kier molecular flexibility index (Phi) is 5.86. The van der Waals surface area contributed by atoms with Gasteiger partial charge in [0.15, 0.2) is 0 Å². The van der Waals surface area contributed by atoms with Crippen molar-refractivity contribution in [2.24, 2.45) is 0 Å². The van der Waals surface area contributed by atoms with Gasteiger partial charge in [0.1, 0.15) is 11.8 Å². The number of benzene rings is 2. The van der Waals surface area contributed by atoms with Crippen LogP contribution in [-0.2, 0) is 0 Å². The van der Waals surface area contributed by atoms with Gasteiger partial charge in [-0.2, -0.15) is 5.26 Å². The molecular weight excluding hydrogens is 354 g/mol. The van der Waals surface area contributed by atoms with Gasteiger partial charge < -0.3 is 20.1 Å². The summed E-state index contributed by atoms with van der Waals surface area (Å²) in [4.78, 5) is 13.8. The lowest BCUT2D eigenvalue weighted by Crippen LogP contribution is -2.67. The second-order valence-electron chi connectivity index (χ2n) is 7.21. The van der Waals surface area contributed by atoms with Crippen molar-refractivity contribution in [2.75, 3.05) is 13.7 Å². The Hall–Kier alpha value is -3.04. The highest BCUT2D eigenvalue weighted by Gasteiger charge is 2.51. The minimum absolute atomic E-state index is 0.0333. The molecule has 2 aromatic rings. The highest BCUT2D eigenvalue weighted by Crippen LogP contribution is 2.41. The molecule has 1 heterocycles. The van der Waals surface area contributed by atoms with Crippen molar-refractivity contribution in [3.05, 3.63) is 54.1 Å². The van der Waals surface area contributed by atoms with Crippen LogP contribution in [0.1, 0.15) is 25.3 Å². The van der Waals surface area contributed by atoms with Crippen LogP contribution in [0.4, 0.5) is 4.79 Å². The summed E-state index contributed by atoms with van der Waals surface area (Å²) in [7, 11) is 1.64. The van der Waals surface area contributed by atoms with Crippen LogP contribution in [0, 0.1) is 11.3 Å². The monoisotopic (exact) mass is 379 g/mol. The van der Waals surface area contributed by atoms with Gasteiger partial charge in [0.05, 0.1) is 25.8 Å². The molecule has 2 amide bonds. The maximum absolute atomic E-state index is 12.4. The molecule has 28 heavy (non-hydrogen) atoms. The SMILES string of the molecule is COc1ccc(-c2ccc([C@@H]3[C@@H](CO)N(C(=O)NC(C)C)[C@H]3C#N)cc2)cc1. The Balaban J connectivity index is 1.80. The number of amides is 2. The molecule has 6 nitrogen and oxygen atoms in total. The predicted molar refractivity (Wildman–Crippen MR) is 107 cm³/mol. The number of hydrogen-bond acceptors (Lipinski definition) is 4. The topological polar surface area (TPSA) is 85.6 Å². The molecule has 0 aliphatic carbocycles. The molecule has 1 fully saturated rings. The summed E-state index contributed by atoms with van der Waals surface area (Å²) < 4.78 is 5.19. The molecule has 0 saturated carbocycles. The summed E-state index contributed by atoms with van der Waals surface area (Å²) in [5.41, 5.74) is 3.06. The second-order valence-corrected chi connectivity index (χ2v) is 7.21. The molecule has 3 atom stereocenters. The molecule has 1 aliphatic rings. The van der Waals surface area contributed by atoms with Crippen molar-refractivity contribution in [3.8, 4) is 22.9 Å². The van der Waals surface area contributed by atoms with Crippen molar-refractivity contribution in [3.63, 3.8) is 0 Å². The highest BCUT2D eigenvalue weighted by molar-refractivity contribution is 5.77.